The number of amides is 1. The van der Waals surface area contributed by atoms with Crippen LogP contribution in [0.15, 0.2) is 24.4 Å². The second-order valence-corrected chi connectivity index (χ2v) is 5.86. The van der Waals surface area contributed by atoms with Crippen LogP contribution in [0.4, 0.5) is 0 Å². The largest absolute Gasteiger partial charge is 0.396 e. The zero-order chi connectivity index (χ0) is 14.8. The monoisotopic (exact) mass is 295 g/mol. The van der Waals surface area contributed by atoms with Gasteiger partial charge in [0.1, 0.15) is 5.65 Å². The topological polar surface area (TPSA) is 66.6 Å². The number of pyridine rings is 1. The molecule has 0 atom stereocenters. The van der Waals surface area contributed by atoms with E-state index in [9.17, 15) is 4.79 Å². The number of rotatable bonds is 5. The lowest BCUT2D eigenvalue weighted by atomic mass is 9.90. The Morgan fingerprint density at radius 1 is 1.50 bits per heavy atom. The van der Waals surface area contributed by atoms with Gasteiger partial charge in [-0.1, -0.05) is 31.5 Å². The highest BCUT2D eigenvalue weighted by atomic mass is 35.5. The van der Waals surface area contributed by atoms with Gasteiger partial charge in [-0.3, -0.25) is 9.20 Å². The van der Waals surface area contributed by atoms with Crippen molar-refractivity contribution in [3.05, 3.63) is 35.2 Å². The molecule has 0 aliphatic rings. The number of nitrogens with one attached hydrogen (secondary N) is 1. The molecule has 0 fully saturated rings. The average Bonchev–Trinajstić information content (AvgIpc) is 2.72. The number of halogens is 1. The van der Waals surface area contributed by atoms with Crippen LogP contribution in [0.5, 0.6) is 0 Å². The van der Waals surface area contributed by atoms with Crippen molar-refractivity contribution in [2.24, 2.45) is 5.41 Å². The summed E-state index contributed by atoms with van der Waals surface area (Å²) in [5, 5.41) is 12.0. The molecule has 0 aliphatic carbocycles. The maximum absolute atomic E-state index is 12.3. The third-order valence-corrected chi connectivity index (χ3v) is 3.48. The van der Waals surface area contributed by atoms with Crippen molar-refractivity contribution in [1.29, 1.82) is 0 Å². The van der Waals surface area contributed by atoms with Crippen LogP contribution in [0.2, 0.25) is 5.15 Å². The summed E-state index contributed by atoms with van der Waals surface area (Å²) in [7, 11) is 0. The lowest BCUT2D eigenvalue weighted by Crippen LogP contribution is -2.35. The van der Waals surface area contributed by atoms with Gasteiger partial charge in [-0.05, 0) is 24.0 Å². The summed E-state index contributed by atoms with van der Waals surface area (Å²) in [5.74, 6) is -0.264. The van der Waals surface area contributed by atoms with E-state index in [0.29, 0.717) is 24.3 Å². The summed E-state index contributed by atoms with van der Waals surface area (Å²) in [4.78, 5) is 16.4. The van der Waals surface area contributed by atoms with Crippen molar-refractivity contribution in [2.75, 3.05) is 13.2 Å². The molecule has 0 aromatic carbocycles. The first-order chi connectivity index (χ1) is 9.44. The number of aliphatic hydroxyl groups is 1. The molecule has 0 radical (unpaired) electrons. The molecule has 0 saturated carbocycles. The van der Waals surface area contributed by atoms with E-state index in [1.54, 1.807) is 16.7 Å². The predicted molar refractivity (Wildman–Crippen MR) is 78.0 cm³/mol. The van der Waals surface area contributed by atoms with E-state index in [4.69, 9.17) is 16.7 Å². The number of aromatic nitrogens is 2. The van der Waals surface area contributed by atoms with E-state index >= 15 is 0 Å². The van der Waals surface area contributed by atoms with Gasteiger partial charge in [0.2, 0.25) is 0 Å². The maximum Gasteiger partial charge on any atom is 0.271 e. The number of imidazole rings is 1. The van der Waals surface area contributed by atoms with Gasteiger partial charge in [0, 0.05) is 19.3 Å². The molecular weight excluding hydrogens is 278 g/mol. The lowest BCUT2D eigenvalue weighted by Gasteiger charge is -2.23. The van der Waals surface area contributed by atoms with Crippen molar-refractivity contribution in [2.45, 2.75) is 20.3 Å². The fourth-order valence-corrected chi connectivity index (χ4v) is 2.23. The summed E-state index contributed by atoms with van der Waals surface area (Å²) >= 11 is 6.04. The van der Waals surface area contributed by atoms with Crippen LogP contribution in [0.1, 0.15) is 30.8 Å². The smallest absolute Gasteiger partial charge is 0.271 e. The highest BCUT2D eigenvalue weighted by Gasteiger charge is 2.22. The van der Waals surface area contributed by atoms with Gasteiger partial charge in [-0.25, -0.2) is 4.98 Å². The summed E-state index contributed by atoms with van der Waals surface area (Å²) < 4.78 is 1.66. The van der Waals surface area contributed by atoms with E-state index in [1.807, 2.05) is 26.0 Å². The minimum atomic E-state index is -0.264. The van der Waals surface area contributed by atoms with Gasteiger partial charge >= 0.3 is 0 Å². The van der Waals surface area contributed by atoms with Crippen LogP contribution in [-0.2, 0) is 0 Å². The quantitative estimate of drug-likeness (QED) is 0.888. The number of fused-ring (bicyclic) bond motifs is 1. The molecule has 5 nitrogen and oxygen atoms in total. The molecule has 2 heterocycles. The molecule has 0 saturated heterocycles. The lowest BCUT2D eigenvalue weighted by molar-refractivity contribution is 0.0922. The van der Waals surface area contributed by atoms with Crippen LogP contribution in [-0.4, -0.2) is 33.6 Å². The number of nitrogens with zero attached hydrogens (tertiary/aromatic N) is 2. The SMILES string of the molecule is CC(C)(CCO)CNC(=O)c1c(Cl)nc2ccccn12. The van der Waals surface area contributed by atoms with Crippen molar-refractivity contribution >= 4 is 23.2 Å². The van der Waals surface area contributed by atoms with Crippen LogP contribution >= 0.6 is 11.6 Å². The highest BCUT2D eigenvalue weighted by Crippen LogP contribution is 2.20. The summed E-state index contributed by atoms with van der Waals surface area (Å²) in [5.41, 5.74) is 0.802. The first-order valence-corrected chi connectivity index (χ1v) is 6.84. The molecule has 2 aromatic heterocycles. The second kappa shape index (κ2) is 5.81. The Kier molecular flexibility index (Phi) is 4.30. The summed E-state index contributed by atoms with van der Waals surface area (Å²) in [6.07, 6.45) is 2.37. The van der Waals surface area contributed by atoms with Gasteiger partial charge in [0.15, 0.2) is 10.8 Å². The molecule has 2 N–H and O–H groups in total. The van der Waals surface area contributed by atoms with Gasteiger partial charge in [0.25, 0.3) is 5.91 Å². The molecule has 2 rings (SSSR count). The summed E-state index contributed by atoms with van der Waals surface area (Å²) in [6.45, 7) is 4.53. The van der Waals surface area contributed by atoms with Crippen LogP contribution in [0.25, 0.3) is 5.65 Å². The first-order valence-electron chi connectivity index (χ1n) is 6.46. The Balaban J connectivity index is 2.18. The minimum absolute atomic E-state index is 0.0965. The predicted octanol–water partition coefficient (Wildman–Crippen LogP) is 2.13. The Labute approximate surface area is 122 Å². The van der Waals surface area contributed by atoms with Crippen LogP contribution in [0.3, 0.4) is 0 Å². The molecular formula is C14H18ClN3O2. The van der Waals surface area contributed by atoms with Gasteiger partial charge < -0.3 is 10.4 Å². The third kappa shape index (κ3) is 3.11. The van der Waals surface area contributed by atoms with Gasteiger partial charge in [-0.15, -0.1) is 0 Å². The second-order valence-electron chi connectivity index (χ2n) is 5.50. The molecule has 108 valence electrons. The molecule has 2 aromatic rings. The van der Waals surface area contributed by atoms with Crippen molar-refractivity contribution < 1.29 is 9.90 Å². The molecule has 1 amide bonds. The van der Waals surface area contributed by atoms with E-state index in [-0.39, 0.29) is 23.1 Å². The molecule has 20 heavy (non-hydrogen) atoms. The van der Waals surface area contributed by atoms with E-state index in [0.717, 1.165) is 0 Å². The Hall–Kier alpha value is -1.59. The minimum Gasteiger partial charge on any atom is -0.396 e. The molecule has 6 heteroatoms. The number of carbonyl (C=O) groups excluding carboxylic acids is 1. The van der Waals surface area contributed by atoms with E-state index < -0.39 is 0 Å². The van der Waals surface area contributed by atoms with Crippen molar-refractivity contribution in [3.63, 3.8) is 0 Å². The first kappa shape index (κ1) is 14.8. The van der Waals surface area contributed by atoms with E-state index in [2.05, 4.69) is 10.3 Å². The zero-order valence-electron chi connectivity index (χ0n) is 11.6. The van der Waals surface area contributed by atoms with Crippen molar-refractivity contribution in [1.82, 2.24) is 14.7 Å². The Bertz CT molecular complexity index is 622. The number of hydrogen-bond donors (Lipinski definition) is 2. The Morgan fingerprint density at radius 3 is 2.95 bits per heavy atom. The zero-order valence-corrected chi connectivity index (χ0v) is 12.3. The fourth-order valence-electron chi connectivity index (χ4n) is 1.96. The highest BCUT2D eigenvalue weighted by molar-refractivity contribution is 6.32. The number of aliphatic hydroxyl groups excluding tert-OH is 1. The van der Waals surface area contributed by atoms with Crippen molar-refractivity contribution in [3.8, 4) is 0 Å². The van der Waals surface area contributed by atoms with E-state index in [1.165, 1.54) is 0 Å². The standard InChI is InChI=1S/C14H18ClN3O2/c1-14(2,6-8-19)9-16-13(20)11-12(15)17-10-5-3-4-7-18(10)11/h3-5,7,19H,6,8-9H2,1-2H3,(H,16,20). The van der Waals surface area contributed by atoms with Crippen LogP contribution < -0.4 is 5.32 Å². The maximum atomic E-state index is 12.3. The average molecular weight is 296 g/mol. The number of hydrogen-bond acceptors (Lipinski definition) is 3. The molecule has 0 spiro atoms. The third-order valence-electron chi connectivity index (χ3n) is 3.22. The summed E-state index contributed by atoms with van der Waals surface area (Å²) in [6, 6.07) is 5.44. The molecule has 0 unspecified atom stereocenters. The molecule has 0 aliphatic heterocycles. The Morgan fingerprint density at radius 2 is 2.25 bits per heavy atom. The van der Waals surface area contributed by atoms with Gasteiger partial charge in [0.05, 0.1) is 0 Å². The normalized spacial score (nSPS) is 11.8. The number of carbonyl (C=O) groups is 1. The fraction of sp³-hybridized carbons (Fsp3) is 0.429. The molecule has 0 bridgehead atoms. The van der Waals surface area contributed by atoms with Crippen LogP contribution in [0, 0.1) is 5.41 Å². The van der Waals surface area contributed by atoms with Gasteiger partial charge in [-0.2, -0.15) is 0 Å².